The highest BCUT2D eigenvalue weighted by Crippen LogP contribution is 2.41. The van der Waals surface area contributed by atoms with E-state index in [1.807, 2.05) is 42.5 Å². The Morgan fingerprint density at radius 2 is 1.49 bits per heavy atom. The van der Waals surface area contributed by atoms with Gasteiger partial charge in [0.2, 0.25) is 10.9 Å². The number of hydrogen-bond donors (Lipinski definition) is 0. The van der Waals surface area contributed by atoms with E-state index in [4.69, 9.17) is 28.8 Å². The zero-order chi connectivity index (χ0) is 26.2. The number of rotatable bonds is 11. The molecule has 0 saturated carbocycles. The molecule has 0 saturated heterocycles. The average Bonchev–Trinajstić information content (AvgIpc) is 3.37. The van der Waals surface area contributed by atoms with Crippen LogP contribution in [0.25, 0.3) is 11.4 Å². The first-order valence-electron chi connectivity index (χ1n) is 11.3. The molecule has 1 aromatic heterocycles. The number of thioether (sulfide) groups is 1. The number of ether oxygens (including phenoxy) is 5. The van der Waals surface area contributed by atoms with Gasteiger partial charge in [0.15, 0.2) is 17.3 Å². The first-order valence-corrected chi connectivity index (χ1v) is 12.3. The lowest BCUT2D eigenvalue weighted by molar-refractivity contribution is 0.324. The van der Waals surface area contributed by atoms with E-state index >= 15 is 0 Å². The molecule has 0 spiro atoms. The van der Waals surface area contributed by atoms with Crippen molar-refractivity contribution in [1.29, 1.82) is 0 Å². The van der Waals surface area contributed by atoms with E-state index in [2.05, 4.69) is 22.3 Å². The molecule has 4 rings (SSSR count). The van der Waals surface area contributed by atoms with E-state index in [-0.39, 0.29) is 0 Å². The van der Waals surface area contributed by atoms with E-state index in [1.165, 1.54) is 11.8 Å². The van der Waals surface area contributed by atoms with Crippen LogP contribution in [0.3, 0.4) is 0 Å². The van der Waals surface area contributed by atoms with Gasteiger partial charge in [-0.3, -0.25) is 0 Å². The maximum atomic E-state index is 5.54. The SMILES string of the molecule is COc1ccc(/C=N/n2c(SCc3ccccc3)nnc2-c2cc(OC)c(OC)c(OC)c2)c(OC)c1. The van der Waals surface area contributed by atoms with Crippen LogP contribution in [-0.4, -0.2) is 56.6 Å². The average molecular weight is 521 g/mol. The number of methoxy groups -OCH3 is 5. The third-order valence-corrected chi connectivity index (χ3v) is 6.49. The molecule has 0 aliphatic rings. The Balaban J connectivity index is 1.79. The van der Waals surface area contributed by atoms with Gasteiger partial charge in [0.1, 0.15) is 11.5 Å². The normalized spacial score (nSPS) is 10.9. The van der Waals surface area contributed by atoms with Crippen molar-refractivity contribution in [2.45, 2.75) is 10.9 Å². The summed E-state index contributed by atoms with van der Waals surface area (Å²) < 4.78 is 29.1. The highest BCUT2D eigenvalue weighted by molar-refractivity contribution is 7.98. The summed E-state index contributed by atoms with van der Waals surface area (Å²) in [7, 11) is 7.92. The Labute approximate surface area is 220 Å². The molecule has 192 valence electrons. The van der Waals surface area contributed by atoms with Crippen molar-refractivity contribution in [1.82, 2.24) is 14.9 Å². The zero-order valence-electron chi connectivity index (χ0n) is 21.3. The Hall–Kier alpha value is -4.18. The molecule has 0 bridgehead atoms. The highest BCUT2D eigenvalue weighted by atomic mass is 32.2. The Morgan fingerprint density at radius 3 is 2.11 bits per heavy atom. The van der Waals surface area contributed by atoms with Gasteiger partial charge < -0.3 is 23.7 Å². The van der Waals surface area contributed by atoms with E-state index in [0.29, 0.717) is 51.0 Å². The number of aromatic nitrogens is 3. The van der Waals surface area contributed by atoms with Crippen molar-refractivity contribution in [3.05, 3.63) is 71.8 Å². The second-order valence-corrected chi connectivity index (χ2v) is 8.60. The van der Waals surface area contributed by atoms with Gasteiger partial charge in [-0.15, -0.1) is 10.2 Å². The fourth-order valence-electron chi connectivity index (χ4n) is 3.62. The zero-order valence-corrected chi connectivity index (χ0v) is 22.1. The molecule has 4 aromatic rings. The molecule has 0 atom stereocenters. The first-order chi connectivity index (χ1) is 18.1. The van der Waals surface area contributed by atoms with Crippen molar-refractivity contribution in [2.75, 3.05) is 35.5 Å². The predicted molar refractivity (Wildman–Crippen MR) is 144 cm³/mol. The summed E-state index contributed by atoms with van der Waals surface area (Å²) in [5.74, 6) is 4.04. The minimum absolute atomic E-state index is 0.491. The molecule has 0 N–H and O–H groups in total. The molecule has 0 unspecified atom stereocenters. The van der Waals surface area contributed by atoms with Crippen molar-refractivity contribution >= 4 is 18.0 Å². The topological polar surface area (TPSA) is 89.2 Å². The van der Waals surface area contributed by atoms with Crippen molar-refractivity contribution in [3.63, 3.8) is 0 Å². The molecular formula is C27H28N4O5S. The van der Waals surface area contributed by atoms with E-state index in [1.54, 1.807) is 52.5 Å². The summed E-state index contributed by atoms with van der Waals surface area (Å²) in [4.78, 5) is 0. The first kappa shape index (κ1) is 25.9. The van der Waals surface area contributed by atoms with Gasteiger partial charge in [-0.2, -0.15) is 9.78 Å². The molecule has 0 aliphatic heterocycles. The number of benzene rings is 3. The summed E-state index contributed by atoms with van der Waals surface area (Å²) >= 11 is 1.53. The Morgan fingerprint density at radius 1 is 0.784 bits per heavy atom. The van der Waals surface area contributed by atoms with E-state index < -0.39 is 0 Å². The molecule has 9 nitrogen and oxygen atoms in total. The van der Waals surface area contributed by atoms with Crippen LogP contribution in [0.2, 0.25) is 0 Å². The second-order valence-electron chi connectivity index (χ2n) is 7.66. The molecule has 3 aromatic carbocycles. The molecule has 10 heteroatoms. The van der Waals surface area contributed by atoms with Crippen LogP contribution in [0, 0.1) is 0 Å². The van der Waals surface area contributed by atoms with Crippen LogP contribution in [0.4, 0.5) is 0 Å². The molecule has 0 amide bonds. The Bertz CT molecular complexity index is 1350. The third kappa shape index (κ3) is 5.80. The van der Waals surface area contributed by atoms with Gasteiger partial charge in [0, 0.05) is 22.9 Å². The standard InChI is InChI=1S/C27H28N4O5S/c1-32-21-12-11-19(22(15-21)33-2)16-28-31-26(20-13-23(34-3)25(36-5)24(14-20)35-4)29-30-27(31)37-17-18-9-7-6-8-10-18/h6-16H,17H2,1-5H3/b28-16+. The fraction of sp³-hybridized carbons (Fsp3) is 0.222. The summed E-state index contributed by atoms with van der Waals surface area (Å²) in [5.41, 5.74) is 2.64. The van der Waals surface area contributed by atoms with Gasteiger partial charge in [-0.25, -0.2) is 0 Å². The van der Waals surface area contributed by atoms with Gasteiger partial charge in [-0.05, 0) is 29.8 Å². The van der Waals surface area contributed by atoms with Crippen LogP contribution >= 0.6 is 11.8 Å². The lowest BCUT2D eigenvalue weighted by atomic mass is 10.1. The molecule has 0 radical (unpaired) electrons. The third-order valence-electron chi connectivity index (χ3n) is 5.50. The smallest absolute Gasteiger partial charge is 0.212 e. The van der Waals surface area contributed by atoms with Crippen LogP contribution in [-0.2, 0) is 5.75 Å². The predicted octanol–water partition coefficient (Wildman–Crippen LogP) is 5.16. The maximum Gasteiger partial charge on any atom is 0.212 e. The monoisotopic (exact) mass is 520 g/mol. The van der Waals surface area contributed by atoms with Crippen molar-refractivity contribution in [3.8, 4) is 40.1 Å². The van der Waals surface area contributed by atoms with Gasteiger partial charge in [0.25, 0.3) is 0 Å². The van der Waals surface area contributed by atoms with Crippen molar-refractivity contribution < 1.29 is 23.7 Å². The summed E-state index contributed by atoms with van der Waals surface area (Å²) in [6.45, 7) is 0. The largest absolute Gasteiger partial charge is 0.497 e. The quantitative estimate of drug-likeness (QED) is 0.198. The molecule has 37 heavy (non-hydrogen) atoms. The van der Waals surface area contributed by atoms with Crippen LogP contribution < -0.4 is 23.7 Å². The molecule has 1 heterocycles. The minimum Gasteiger partial charge on any atom is -0.497 e. The van der Waals surface area contributed by atoms with Gasteiger partial charge in [0.05, 0.1) is 41.8 Å². The van der Waals surface area contributed by atoms with Gasteiger partial charge >= 0.3 is 0 Å². The van der Waals surface area contributed by atoms with E-state index in [9.17, 15) is 0 Å². The van der Waals surface area contributed by atoms with Crippen molar-refractivity contribution in [2.24, 2.45) is 5.10 Å². The lowest BCUT2D eigenvalue weighted by Gasteiger charge is -2.14. The molecular weight excluding hydrogens is 492 g/mol. The minimum atomic E-state index is 0.491. The Kier molecular flexibility index (Phi) is 8.52. The van der Waals surface area contributed by atoms with E-state index in [0.717, 1.165) is 11.1 Å². The number of nitrogens with zero attached hydrogens (tertiary/aromatic N) is 4. The van der Waals surface area contributed by atoms with Crippen LogP contribution in [0.15, 0.2) is 70.9 Å². The fourth-order valence-corrected chi connectivity index (χ4v) is 4.46. The summed E-state index contributed by atoms with van der Waals surface area (Å²) in [5, 5.41) is 14.3. The van der Waals surface area contributed by atoms with Crippen LogP contribution in [0.1, 0.15) is 11.1 Å². The maximum absolute atomic E-state index is 5.54. The van der Waals surface area contributed by atoms with Gasteiger partial charge in [-0.1, -0.05) is 42.1 Å². The summed E-state index contributed by atoms with van der Waals surface area (Å²) in [6.07, 6.45) is 1.70. The second kappa shape index (κ2) is 12.2. The number of hydrogen-bond acceptors (Lipinski definition) is 9. The lowest BCUT2D eigenvalue weighted by Crippen LogP contribution is -2.00. The summed E-state index contributed by atoms with van der Waals surface area (Å²) in [6, 6.07) is 19.3. The van der Waals surface area contributed by atoms with Crippen LogP contribution in [0.5, 0.6) is 28.7 Å². The highest BCUT2D eigenvalue weighted by Gasteiger charge is 2.20. The molecule has 0 fully saturated rings. The molecule has 0 aliphatic carbocycles.